The van der Waals surface area contributed by atoms with Crippen LogP contribution in [0.4, 0.5) is 0 Å². The minimum Gasteiger partial charge on any atom is -0.481 e. The van der Waals surface area contributed by atoms with Gasteiger partial charge in [0.2, 0.25) is 0 Å². The van der Waals surface area contributed by atoms with Crippen molar-refractivity contribution in [1.82, 2.24) is 0 Å². The van der Waals surface area contributed by atoms with Crippen molar-refractivity contribution >= 4 is 11.9 Å². The van der Waals surface area contributed by atoms with Gasteiger partial charge in [-0.3, -0.25) is 9.59 Å². The molecule has 1 N–H and O–H groups in total. The van der Waals surface area contributed by atoms with Crippen LogP contribution >= 0.6 is 0 Å². The van der Waals surface area contributed by atoms with E-state index in [4.69, 9.17) is 9.84 Å². The molecule has 1 unspecified atom stereocenters. The van der Waals surface area contributed by atoms with E-state index in [2.05, 4.69) is 13.8 Å². The van der Waals surface area contributed by atoms with Gasteiger partial charge in [0.15, 0.2) is 0 Å². The summed E-state index contributed by atoms with van der Waals surface area (Å²) in [5, 5.41) is 8.66. The van der Waals surface area contributed by atoms with Crippen molar-refractivity contribution in [3.63, 3.8) is 0 Å². The van der Waals surface area contributed by atoms with Crippen LogP contribution < -0.4 is 4.74 Å². The molecule has 0 aliphatic carbocycles. The molecule has 0 saturated heterocycles. The number of rotatable bonds is 14. The van der Waals surface area contributed by atoms with Crippen LogP contribution in [-0.4, -0.2) is 17.0 Å². The normalized spacial score (nSPS) is 11.9. The highest BCUT2D eigenvalue weighted by Gasteiger charge is 2.14. The molecule has 0 bridgehead atoms. The number of ether oxygens (including phenoxy) is 1. The minimum atomic E-state index is -0.988. The Morgan fingerprint density at radius 2 is 1.58 bits per heavy atom. The molecule has 4 nitrogen and oxygen atoms in total. The van der Waals surface area contributed by atoms with Crippen LogP contribution in [-0.2, 0) is 9.59 Å². The monoisotopic (exact) mass is 362 g/mol. The average molecular weight is 363 g/mol. The third kappa shape index (κ3) is 9.59. The summed E-state index contributed by atoms with van der Waals surface area (Å²) in [6.07, 6.45) is 11.1. The van der Waals surface area contributed by atoms with Gasteiger partial charge in [-0.15, -0.1) is 0 Å². The number of aliphatic carboxylic acids is 1. The molecule has 0 aromatic heterocycles. The van der Waals surface area contributed by atoms with Crippen molar-refractivity contribution in [1.29, 1.82) is 0 Å². The van der Waals surface area contributed by atoms with E-state index in [1.54, 1.807) is 6.07 Å². The van der Waals surface area contributed by atoms with Gasteiger partial charge in [-0.2, -0.15) is 0 Å². The van der Waals surface area contributed by atoms with Gasteiger partial charge in [0.1, 0.15) is 5.75 Å². The molecule has 0 amide bonds. The molecule has 0 aliphatic rings. The Morgan fingerprint density at radius 1 is 0.962 bits per heavy atom. The summed E-state index contributed by atoms with van der Waals surface area (Å²) in [4.78, 5) is 22.4. The third-order valence-electron chi connectivity index (χ3n) is 4.71. The Kier molecular flexibility index (Phi) is 11.4. The first-order valence-corrected chi connectivity index (χ1v) is 10.1. The van der Waals surface area contributed by atoms with Crippen LogP contribution in [0, 0.1) is 0 Å². The fourth-order valence-corrected chi connectivity index (χ4v) is 3.10. The Morgan fingerprint density at radius 3 is 2.23 bits per heavy atom. The van der Waals surface area contributed by atoms with Crippen molar-refractivity contribution < 1.29 is 19.4 Å². The molecular formula is C22H34O4. The van der Waals surface area contributed by atoms with E-state index in [9.17, 15) is 9.59 Å². The molecule has 1 aromatic rings. The van der Waals surface area contributed by atoms with Gasteiger partial charge >= 0.3 is 11.9 Å². The number of hydrogen-bond donors (Lipinski definition) is 1. The Labute approximate surface area is 158 Å². The zero-order valence-electron chi connectivity index (χ0n) is 16.3. The number of carboxylic acids is 1. The number of benzene rings is 1. The molecule has 4 heteroatoms. The number of carbonyl (C=O) groups excluding carboxylic acids is 1. The van der Waals surface area contributed by atoms with Crippen LogP contribution in [0.25, 0.3) is 0 Å². The highest BCUT2D eigenvalue weighted by molar-refractivity contribution is 5.78. The first-order valence-electron chi connectivity index (χ1n) is 10.1. The lowest BCUT2D eigenvalue weighted by atomic mass is 9.94. The van der Waals surface area contributed by atoms with Crippen molar-refractivity contribution in [3.8, 4) is 5.75 Å². The van der Waals surface area contributed by atoms with Crippen LogP contribution in [0.15, 0.2) is 24.3 Å². The van der Waals surface area contributed by atoms with Gasteiger partial charge in [0.25, 0.3) is 0 Å². The van der Waals surface area contributed by atoms with E-state index in [0.29, 0.717) is 11.7 Å². The van der Waals surface area contributed by atoms with Gasteiger partial charge in [0, 0.05) is 0 Å². The van der Waals surface area contributed by atoms with E-state index < -0.39 is 11.9 Å². The quantitative estimate of drug-likeness (QED) is 0.247. The summed E-state index contributed by atoms with van der Waals surface area (Å²) in [5.41, 5.74) is 1.03. The van der Waals surface area contributed by atoms with Gasteiger partial charge in [0.05, 0.1) is 12.8 Å². The van der Waals surface area contributed by atoms with Crippen LogP contribution in [0.3, 0.4) is 0 Å². The number of carbonyl (C=O) groups is 2. The zero-order chi connectivity index (χ0) is 19.2. The minimum absolute atomic E-state index is 0.101. The number of hydrogen-bond acceptors (Lipinski definition) is 3. The van der Waals surface area contributed by atoms with E-state index in [-0.39, 0.29) is 12.8 Å². The SMILES string of the molecule is CCCCCCCCCCC(C)c1ccccc1OC(=O)CCC(=O)O. The summed E-state index contributed by atoms with van der Waals surface area (Å²) in [7, 11) is 0. The van der Waals surface area contributed by atoms with E-state index in [1.807, 2.05) is 18.2 Å². The molecular weight excluding hydrogens is 328 g/mol. The van der Waals surface area contributed by atoms with Crippen molar-refractivity contribution in [3.05, 3.63) is 29.8 Å². The van der Waals surface area contributed by atoms with Crippen LogP contribution in [0.1, 0.15) is 96.0 Å². The molecule has 26 heavy (non-hydrogen) atoms. The average Bonchev–Trinajstić information content (AvgIpc) is 2.62. The lowest BCUT2D eigenvalue weighted by molar-refractivity contribution is -0.142. The van der Waals surface area contributed by atoms with Crippen LogP contribution in [0.5, 0.6) is 5.75 Å². The molecule has 1 atom stereocenters. The summed E-state index contributed by atoms with van der Waals surface area (Å²) in [6.45, 7) is 4.40. The second-order valence-electron chi connectivity index (χ2n) is 7.07. The fraction of sp³-hybridized carbons (Fsp3) is 0.636. The van der Waals surface area contributed by atoms with Gasteiger partial charge in [-0.25, -0.2) is 0 Å². The van der Waals surface area contributed by atoms with Crippen molar-refractivity contribution in [2.45, 2.75) is 90.4 Å². The van der Waals surface area contributed by atoms with Gasteiger partial charge in [-0.05, 0) is 24.0 Å². The molecule has 146 valence electrons. The van der Waals surface area contributed by atoms with E-state index in [1.165, 1.54) is 51.4 Å². The Hall–Kier alpha value is -1.84. The molecule has 0 saturated carbocycles. The molecule has 0 heterocycles. The van der Waals surface area contributed by atoms with Crippen molar-refractivity contribution in [2.75, 3.05) is 0 Å². The smallest absolute Gasteiger partial charge is 0.311 e. The lowest BCUT2D eigenvalue weighted by Crippen LogP contribution is -2.12. The van der Waals surface area contributed by atoms with Gasteiger partial charge in [-0.1, -0.05) is 83.4 Å². The number of unbranched alkanes of at least 4 members (excludes halogenated alkanes) is 7. The maximum Gasteiger partial charge on any atom is 0.311 e. The lowest BCUT2D eigenvalue weighted by Gasteiger charge is -2.16. The highest BCUT2D eigenvalue weighted by Crippen LogP contribution is 2.30. The maximum atomic E-state index is 11.8. The summed E-state index contributed by atoms with van der Waals surface area (Å²) in [6, 6.07) is 7.58. The topological polar surface area (TPSA) is 63.6 Å². The number of esters is 1. The summed E-state index contributed by atoms with van der Waals surface area (Å²) < 4.78 is 5.40. The predicted octanol–water partition coefficient (Wildman–Crippen LogP) is 6.09. The molecule has 0 aliphatic heterocycles. The Bertz CT molecular complexity index is 539. The maximum absolute atomic E-state index is 11.8. The number of para-hydroxylation sites is 1. The largest absolute Gasteiger partial charge is 0.481 e. The van der Waals surface area contributed by atoms with Crippen LogP contribution in [0.2, 0.25) is 0 Å². The second-order valence-corrected chi connectivity index (χ2v) is 7.07. The van der Waals surface area contributed by atoms with E-state index in [0.717, 1.165) is 12.0 Å². The first kappa shape index (κ1) is 22.2. The molecule has 1 rings (SSSR count). The van der Waals surface area contributed by atoms with Crippen molar-refractivity contribution in [2.24, 2.45) is 0 Å². The number of carboxylic acid groups (broad SMARTS) is 1. The molecule has 0 spiro atoms. The Balaban J connectivity index is 2.38. The first-order chi connectivity index (χ1) is 12.5. The molecule has 0 radical (unpaired) electrons. The molecule has 1 aromatic carbocycles. The summed E-state index contributed by atoms with van der Waals surface area (Å²) >= 11 is 0. The fourth-order valence-electron chi connectivity index (χ4n) is 3.10. The highest BCUT2D eigenvalue weighted by atomic mass is 16.5. The predicted molar refractivity (Wildman–Crippen MR) is 105 cm³/mol. The molecule has 0 fully saturated rings. The van der Waals surface area contributed by atoms with Gasteiger partial charge < -0.3 is 9.84 Å². The summed E-state index contributed by atoms with van der Waals surface area (Å²) in [5.74, 6) is -0.592. The second kappa shape index (κ2) is 13.4. The third-order valence-corrected chi connectivity index (χ3v) is 4.71. The zero-order valence-corrected chi connectivity index (χ0v) is 16.3. The van der Waals surface area contributed by atoms with E-state index >= 15 is 0 Å². The standard InChI is InChI=1S/C22H34O4/c1-3-4-5-6-7-8-9-10-13-18(2)19-14-11-12-15-20(19)26-22(25)17-16-21(23)24/h11-12,14-15,18H,3-10,13,16-17H2,1-2H3,(H,23,24).